The minimum Gasteiger partial charge on any atom is -0.481 e. The van der Waals surface area contributed by atoms with Crippen LogP contribution in [0.2, 0.25) is 5.02 Å². The first-order valence-electron chi connectivity index (χ1n) is 7.61. The van der Waals surface area contributed by atoms with Gasteiger partial charge in [0.25, 0.3) is 0 Å². The van der Waals surface area contributed by atoms with Crippen molar-refractivity contribution in [2.24, 2.45) is 0 Å². The summed E-state index contributed by atoms with van der Waals surface area (Å²) in [5.74, 6) is -0.109. The molecule has 0 aliphatic rings. The minimum absolute atomic E-state index is 0.116. The van der Waals surface area contributed by atoms with Gasteiger partial charge < -0.3 is 14.9 Å². The van der Waals surface area contributed by atoms with Crippen LogP contribution < -0.4 is 5.32 Å². The van der Waals surface area contributed by atoms with Gasteiger partial charge in [0.15, 0.2) is 0 Å². The summed E-state index contributed by atoms with van der Waals surface area (Å²) >= 11 is 5.83. The predicted octanol–water partition coefficient (Wildman–Crippen LogP) is 2.69. The van der Waals surface area contributed by atoms with Crippen molar-refractivity contribution in [1.29, 1.82) is 0 Å². The number of nitrogens with zero attached hydrogens (tertiary/aromatic N) is 2. The number of hydrogen-bond acceptors (Lipinski definition) is 5. The van der Waals surface area contributed by atoms with Crippen molar-refractivity contribution in [2.75, 3.05) is 6.54 Å². The highest BCUT2D eigenvalue weighted by molar-refractivity contribution is 6.30. The van der Waals surface area contributed by atoms with Crippen LogP contribution in [0.15, 0.2) is 28.8 Å². The Balaban J connectivity index is 1.71. The fourth-order valence-electron chi connectivity index (χ4n) is 2.01. The zero-order chi connectivity index (χ0) is 17.4. The molecule has 8 heteroatoms. The molecule has 7 nitrogen and oxygen atoms in total. The Hall–Kier alpha value is -2.41. The largest absolute Gasteiger partial charge is 0.481 e. The lowest BCUT2D eigenvalue weighted by Crippen LogP contribution is -2.24. The summed E-state index contributed by atoms with van der Waals surface area (Å²) in [7, 11) is 0. The number of carbonyl (C=O) groups excluding carboxylic acids is 1. The monoisotopic (exact) mass is 351 g/mol. The number of aryl methyl sites for hydroxylation is 1. The van der Waals surface area contributed by atoms with Crippen LogP contribution in [0, 0.1) is 0 Å². The topological polar surface area (TPSA) is 105 Å². The van der Waals surface area contributed by atoms with E-state index in [0.29, 0.717) is 42.5 Å². The highest BCUT2D eigenvalue weighted by Gasteiger charge is 2.10. The molecule has 2 N–H and O–H groups in total. The zero-order valence-corrected chi connectivity index (χ0v) is 13.8. The Bertz CT molecular complexity index is 685. The molecule has 0 saturated carbocycles. The molecule has 2 rings (SSSR count). The molecule has 0 fully saturated rings. The number of aliphatic carboxylic acids is 1. The lowest BCUT2D eigenvalue weighted by atomic mass is 10.2. The highest BCUT2D eigenvalue weighted by atomic mass is 35.5. The van der Waals surface area contributed by atoms with Gasteiger partial charge in [-0.05, 0) is 37.1 Å². The molecule has 0 spiro atoms. The lowest BCUT2D eigenvalue weighted by Gasteiger charge is -2.02. The van der Waals surface area contributed by atoms with Crippen molar-refractivity contribution in [3.05, 3.63) is 35.2 Å². The summed E-state index contributed by atoms with van der Waals surface area (Å²) < 4.78 is 5.13. The first kappa shape index (κ1) is 17.9. The second-order valence-corrected chi connectivity index (χ2v) is 5.66. The molecule has 0 radical (unpaired) electrons. The predicted molar refractivity (Wildman–Crippen MR) is 87.6 cm³/mol. The average molecular weight is 352 g/mol. The van der Waals surface area contributed by atoms with E-state index >= 15 is 0 Å². The molecular weight excluding hydrogens is 334 g/mol. The number of amides is 1. The Morgan fingerprint density at radius 1 is 1.17 bits per heavy atom. The van der Waals surface area contributed by atoms with Gasteiger partial charge in [0.05, 0.1) is 0 Å². The number of nitrogens with one attached hydrogen (secondary N) is 1. The fourth-order valence-corrected chi connectivity index (χ4v) is 2.14. The van der Waals surface area contributed by atoms with Crippen LogP contribution in [-0.2, 0) is 16.0 Å². The number of carboxylic acids is 1. The second kappa shape index (κ2) is 9.02. The third-order valence-electron chi connectivity index (χ3n) is 3.28. The number of aromatic nitrogens is 2. The third-order valence-corrected chi connectivity index (χ3v) is 3.53. The van der Waals surface area contributed by atoms with E-state index in [0.717, 1.165) is 5.56 Å². The number of unbranched alkanes of at least 4 members (excludes halogenated alkanes) is 1. The quantitative estimate of drug-likeness (QED) is 0.673. The van der Waals surface area contributed by atoms with E-state index in [2.05, 4.69) is 15.5 Å². The molecule has 0 aliphatic carbocycles. The van der Waals surface area contributed by atoms with Gasteiger partial charge in [-0.3, -0.25) is 9.59 Å². The number of halogens is 1. The molecule has 0 unspecified atom stereocenters. The first-order valence-corrected chi connectivity index (χ1v) is 7.99. The van der Waals surface area contributed by atoms with E-state index < -0.39 is 5.97 Å². The van der Waals surface area contributed by atoms with Gasteiger partial charge in [-0.1, -0.05) is 16.8 Å². The molecule has 1 amide bonds. The number of hydrogen-bond donors (Lipinski definition) is 2. The average Bonchev–Trinajstić information content (AvgIpc) is 3.02. The molecule has 1 aromatic heterocycles. The van der Waals surface area contributed by atoms with E-state index in [9.17, 15) is 9.59 Å². The van der Waals surface area contributed by atoms with E-state index in [1.54, 1.807) is 24.3 Å². The Kier molecular flexibility index (Phi) is 6.74. The molecule has 1 aromatic carbocycles. The molecule has 1 heterocycles. The summed E-state index contributed by atoms with van der Waals surface area (Å²) in [5, 5.41) is 15.8. The van der Waals surface area contributed by atoms with Crippen LogP contribution in [0.25, 0.3) is 11.4 Å². The zero-order valence-electron chi connectivity index (χ0n) is 13.0. The normalized spacial score (nSPS) is 10.5. The molecule has 2 aromatic rings. The first-order chi connectivity index (χ1) is 11.5. The lowest BCUT2D eigenvalue weighted by molar-refractivity contribution is -0.137. The van der Waals surface area contributed by atoms with E-state index in [-0.39, 0.29) is 18.7 Å². The SMILES string of the molecule is O=C(O)CCCCNC(=O)CCc1nc(-c2ccc(Cl)cc2)no1. The second-order valence-electron chi connectivity index (χ2n) is 5.22. The maximum absolute atomic E-state index is 11.7. The van der Waals surface area contributed by atoms with Gasteiger partial charge in [0.1, 0.15) is 0 Å². The van der Waals surface area contributed by atoms with Gasteiger partial charge in [-0.15, -0.1) is 0 Å². The smallest absolute Gasteiger partial charge is 0.303 e. The van der Waals surface area contributed by atoms with Gasteiger partial charge in [0.2, 0.25) is 17.6 Å². The van der Waals surface area contributed by atoms with Crippen molar-refractivity contribution >= 4 is 23.5 Å². The summed E-state index contributed by atoms with van der Waals surface area (Å²) in [6.07, 6.45) is 1.89. The van der Waals surface area contributed by atoms with E-state index in [4.69, 9.17) is 21.2 Å². The van der Waals surface area contributed by atoms with Gasteiger partial charge in [0, 0.05) is 36.4 Å². The van der Waals surface area contributed by atoms with Crippen molar-refractivity contribution in [3.8, 4) is 11.4 Å². The summed E-state index contributed by atoms with van der Waals surface area (Å²) in [5.41, 5.74) is 0.789. The van der Waals surface area contributed by atoms with Gasteiger partial charge in [-0.25, -0.2) is 0 Å². The van der Waals surface area contributed by atoms with Crippen LogP contribution in [0.5, 0.6) is 0 Å². The summed E-state index contributed by atoms with van der Waals surface area (Å²) in [6.45, 7) is 0.464. The van der Waals surface area contributed by atoms with Crippen LogP contribution in [0.1, 0.15) is 31.6 Å². The minimum atomic E-state index is -0.825. The van der Waals surface area contributed by atoms with Crippen LogP contribution >= 0.6 is 11.6 Å². The number of carboxylic acid groups (broad SMARTS) is 1. The van der Waals surface area contributed by atoms with Crippen LogP contribution in [-0.4, -0.2) is 33.7 Å². The Morgan fingerprint density at radius 3 is 2.62 bits per heavy atom. The molecule has 24 heavy (non-hydrogen) atoms. The third kappa shape index (κ3) is 6.00. The molecular formula is C16H18ClN3O4. The number of carbonyl (C=O) groups is 2. The van der Waals surface area contributed by atoms with Gasteiger partial charge in [-0.2, -0.15) is 4.98 Å². The maximum Gasteiger partial charge on any atom is 0.303 e. The molecule has 0 bridgehead atoms. The summed E-state index contributed by atoms with van der Waals surface area (Å²) in [6, 6.07) is 7.07. The van der Waals surface area contributed by atoms with Crippen LogP contribution in [0.4, 0.5) is 0 Å². The van der Waals surface area contributed by atoms with Gasteiger partial charge >= 0.3 is 5.97 Å². The fraction of sp³-hybridized carbons (Fsp3) is 0.375. The van der Waals surface area contributed by atoms with Crippen molar-refractivity contribution < 1.29 is 19.2 Å². The van der Waals surface area contributed by atoms with Crippen molar-refractivity contribution in [2.45, 2.75) is 32.1 Å². The maximum atomic E-state index is 11.7. The molecule has 0 atom stereocenters. The molecule has 0 saturated heterocycles. The van der Waals surface area contributed by atoms with Crippen LogP contribution in [0.3, 0.4) is 0 Å². The van der Waals surface area contributed by atoms with Crippen molar-refractivity contribution in [1.82, 2.24) is 15.5 Å². The standard InChI is InChI=1S/C16H18ClN3O4/c17-12-6-4-11(5-7-12)16-19-14(24-20-16)9-8-13(21)18-10-2-1-3-15(22)23/h4-7H,1-3,8-10H2,(H,18,21)(H,22,23). The number of rotatable bonds is 9. The molecule has 128 valence electrons. The molecule has 0 aliphatic heterocycles. The summed E-state index contributed by atoms with van der Waals surface area (Å²) in [4.78, 5) is 26.3. The van der Waals surface area contributed by atoms with E-state index in [1.807, 2.05) is 0 Å². The van der Waals surface area contributed by atoms with E-state index in [1.165, 1.54) is 0 Å². The van der Waals surface area contributed by atoms with Crippen molar-refractivity contribution in [3.63, 3.8) is 0 Å². The Labute approximate surface area is 144 Å². The Morgan fingerprint density at radius 2 is 1.92 bits per heavy atom. The number of benzene rings is 1. The highest BCUT2D eigenvalue weighted by Crippen LogP contribution is 2.18.